The van der Waals surface area contributed by atoms with Gasteiger partial charge in [-0.25, -0.2) is 4.98 Å². The highest BCUT2D eigenvalue weighted by Gasteiger charge is 2.41. The molecule has 2 aromatic carbocycles. The Morgan fingerprint density at radius 2 is 2.06 bits per heavy atom. The SMILES string of the molecule is COc1cc(C)c(C[NH+]2CC(Sc3nc4ccccc4[nH]3)CC2C(=O)NCc2cccnc2)cc1C. The van der Waals surface area contributed by atoms with Crippen LogP contribution in [0.4, 0.5) is 0 Å². The molecule has 7 nitrogen and oxygen atoms in total. The molecule has 3 atom stereocenters. The molecule has 1 aliphatic rings. The number of aryl methyl sites for hydroxylation is 2. The van der Waals surface area contributed by atoms with Crippen LogP contribution in [0.25, 0.3) is 11.0 Å². The van der Waals surface area contributed by atoms with E-state index in [4.69, 9.17) is 9.72 Å². The molecular formula is C28H32N5O2S+. The number of carbonyl (C=O) groups is 1. The highest BCUT2D eigenvalue weighted by Crippen LogP contribution is 2.28. The summed E-state index contributed by atoms with van der Waals surface area (Å²) in [6.45, 7) is 6.35. The molecule has 186 valence electrons. The van der Waals surface area contributed by atoms with Crippen LogP contribution in [0.2, 0.25) is 0 Å². The van der Waals surface area contributed by atoms with E-state index < -0.39 is 0 Å². The molecule has 1 saturated heterocycles. The number of para-hydroxylation sites is 2. The van der Waals surface area contributed by atoms with Gasteiger partial charge in [0.15, 0.2) is 11.2 Å². The van der Waals surface area contributed by atoms with Gasteiger partial charge in [-0.3, -0.25) is 9.78 Å². The van der Waals surface area contributed by atoms with Crippen molar-refractivity contribution in [2.45, 2.75) is 49.8 Å². The lowest BCUT2D eigenvalue weighted by Crippen LogP contribution is -3.14. The molecule has 0 radical (unpaired) electrons. The summed E-state index contributed by atoms with van der Waals surface area (Å²) in [4.78, 5) is 27.0. The number of hydrogen-bond acceptors (Lipinski definition) is 5. The number of carbonyl (C=O) groups excluding carboxylic acids is 1. The summed E-state index contributed by atoms with van der Waals surface area (Å²) < 4.78 is 5.50. The molecule has 3 heterocycles. The number of nitrogens with one attached hydrogen (secondary N) is 3. The van der Waals surface area contributed by atoms with Crippen molar-refractivity contribution >= 4 is 28.7 Å². The van der Waals surface area contributed by atoms with Crippen molar-refractivity contribution in [2.24, 2.45) is 0 Å². The van der Waals surface area contributed by atoms with Crippen molar-refractivity contribution < 1.29 is 14.4 Å². The molecule has 8 heteroatoms. The second-order valence-electron chi connectivity index (χ2n) is 9.45. The van der Waals surface area contributed by atoms with Crippen molar-refractivity contribution in [1.29, 1.82) is 0 Å². The minimum Gasteiger partial charge on any atom is -0.496 e. The smallest absolute Gasteiger partial charge is 0.278 e. The molecule has 36 heavy (non-hydrogen) atoms. The maximum Gasteiger partial charge on any atom is 0.278 e. The molecule has 4 aromatic rings. The van der Waals surface area contributed by atoms with E-state index >= 15 is 0 Å². The molecule has 0 aliphatic carbocycles. The Morgan fingerprint density at radius 1 is 1.19 bits per heavy atom. The number of imidazole rings is 1. The number of amides is 1. The lowest BCUT2D eigenvalue weighted by atomic mass is 10.0. The number of thioether (sulfide) groups is 1. The highest BCUT2D eigenvalue weighted by molar-refractivity contribution is 7.99. The van der Waals surface area contributed by atoms with Crippen LogP contribution in [-0.2, 0) is 17.9 Å². The number of rotatable bonds is 8. The average Bonchev–Trinajstić information content (AvgIpc) is 3.48. The van der Waals surface area contributed by atoms with Crippen LogP contribution >= 0.6 is 11.8 Å². The number of aromatic amines is 1. The number of aromatic nitrogens is 3. The number of H-pyrrole nitrogens is 1. The maximum atomic E-state index is 13.4. The molecule has 0 bridgehead atoms. The zero-order chi connectivity index (χ0) is 25.1. The predicted octanol–water partition coefficient (Wildman–Crippen LogP) is 3.22. The second kappa shape index (κ2) is 10.7. The summed E-state index contributed by atoms with van der Waals surface area (Å²) >= 11 is 1.74. The van der Waals surface area contributed by atoms with E-state index in [1.807, 2.05) is 36.4 Å². The number of ether oxygens (including phenoxy) is 1. The Hall–Kier alpha value is -3.36. The van der Waals surface area contributed by atoms with Crippen LogP contribution in [0.15, 0.2) is 66.1 Å². The fraction of sp³-hybridized carbons (Fsp3) is 0.321. The fourth-order valence-electron chi connectivity index (χ4n) is 4.99. The van der Waals surface area contributed by atoms with Gasteiger partial charge < -0.3 is 19.9 Å². The number of quaternary nitrogens is 1. The van der Waals surface area contributed by atoms with Gasteiger partial charge >= 0.3 is 0 Å². The molecule has 3 N–H and O–H groups in total. The van der Waals surface area contributed by atoms with Gasteiger partial charge in [-0.05, 0) is 60.9 Å². The van der Waals surface area contributed by atoms with Gasteiger partial charge in [0.25, 0.3) is 5.91 Å². The van der Waals surface area contributed by atoms with Gasteiger partial charge in [-0.1, -0.05) is 30.0 Å². The van der Waals surface area contributed by atoms with Crippen LogP contribution in [-0.4, -0.2) is 45.8 Å². The molecule has 0 spiro atoms. The largest absolute Gasteiger partial charge is 0.496 e. The molecule has 1 fully saturated rings. The van der Waals surface area contributed by atoms with Crippen LogP contribution in [0, 0.1) is 13.8 Å². The number of hydrogen-bond donors (Lipinski definition) is 3. The van der Waals surface area contributed by atoms with E-state index in [-0.39, 0.29) is 17.2 Å². The third kappa shape index (κ3) is 5.39. The summed E-state index contributed by atoms with van der Waals surface area (Å²) in [6, 6.07) is 16.1. The Bertz CT molecular complexity index is 1320. The summed E-state index contributed by atoms with van der Waals surface area (Å²) in [6.07, 6.45) is 4.33. The van der Waals surface area contributed by atoms with Crippen LogP contribution in [0.5, 0.6) is 5.75 Å². The van der Waals surface area contributed by atoms with E-state index in [1.165, 1.54) is 16.0 Å². The van der Waals surface area contributed by atoms with Crippen LogP contribution in [0.3, 0.4) is 0 Å². The Kier molecular flexibility index (Phi) is 7.25. The average molecular weight is 503 g/mol. The van der Waals surface area contributed by atoms with Gasteiger partial charge in [0, 0.05) is 30.9 Å². The summed E-state index contributed by atoms with van der Waals surface area (Å²) in [5, 5.41) is 4.35. The number of nitrogens with zero attached hydrogens (tertiary/aromatic N) is 2. The standard InChI is InChI=1S/C28H31N5O2S/c1-18-12-26(35-3)19(2)11-21(18)16-33-17-22(36-28-31-23-8-4-5-9-24(23)32-28)13-25(33)27(34)30-15-20-7-6-10-29-14-20/h4-12,14,22,25H,13,15-17H2,1-3H3,(H,30,34)(H,31,32)/p+1. The Labute approximate surface area is 215 Å². The molecular weight excluding hydrogens is 470 g/mol. The number of methoxy groups -OCH3 is 1. The summed E-state index contributed by atoms with van der Waals surface area (Å²) in [5.41, 5.74) is 6.56. The second-order valence-corrected chi connectivity index (χ2v) is 10.7. The first-order valence-electron chi connectivity index (χ1n) is 12.3. The van der Waals surface area contributed by atoms with E-state index in [0.717, 1.165) is 52.6 Å². The fourth-order valence-corrected chi connectivity index (χ4v) is 6.21. The number of likely N-dealkylation sites (tertiary alicyclic amines) is 1. The van der Waals surface area contributed by atoms with Gasteiger partial charge in [0.2, 0.25) is 0 Å². The minimum absolute atomic E-state index is 0.0874. The van der Waals surface area contributed by atoms with Gasteiger partial charge in [-0.2, -0.15) is 0 Å². The van der Waals surface area contributed by atoms with Crippen LogP contribution in [0.1, 0.15) is 28.7 Å². The Morgan fingerprint density at radius 3 is 2.83 bits per heavy atom. The molecule has 0 saturated carbocycles. The van der Waals surface area contributed by atoms with Crippen molar-refractivity contribution in [3.63, 3.8) is 0 Å². The zero-order valence-corrected chi connectivity index (χ0v) is 21.7. The predicted molar refractivity (Wildman–Crippen MR) is 142 cm³/mol. The third-order valence-corrected chi connectivity index (χ3v) is 8.01. The number of pyridine rings is 1. The van der Waals surface area contributed by atoms with Crippen molar-refractivity contribution in [3.05, 3.63) is 83.2 Å². The molecule has 1 aliphatic heterocycles. The molecule has 2 aromatic heterocycles. The summed E-state index contributed by atoms with van der Waals surface area (Å²) in [5.74, 6) is 0.987. The van der Waals surface area contributed by atoms with E-state index in [9.17, 15) is 4.79 Å². The first-order valence-corrected chi connectivity index (χ1v) is 13.1. The lowest BCUT2D eigenvalue weighted by Gasteiger charge is -2.22. The number of benzene rings is 2. The monoisotopic (exact) mass is 502 g/mol. The molecule has 3 unspecified atom stereocenters. The topological polar surface area (TPSA) is 84.3 Å². The van der Waals surface area contributed by atoms with E-state index in [0.29, 0.717) is 6.54 Å². The lowest BCUT2D eigenvalue weighted by molar-refractivity contribution is -0.916. The normalized spacial score (nSPS) is 19.5. The Balaban J connectivity index is 1.34. The van der Waals surface area contributed by atoms with Crippen molar-refractivity contribution in [3.8, 4) is 5.75 Å². The zero-order valence-electron chi connectivity index (χ0n) is 20.9. The first kappa shape index (κ1) is 24.3. The maximum absolute atomic E-state index is 13.4. The van der Waals surface area contributed by atoms with Crippen LogP contribution < -0.4 is 15.0 Å². The van der Waals surface area contributed by atoms with E-state index in [1.54, 1.807) is 31.3 Å². The van der Waals surface area contributed by atoms with Gasteiger partial charge in [-0.15, -0.1) is 0 Å². The summed E-state index contributed by atoms with van der Waals surface area (Å²) in [7, 11) is 1.70. The van der Waals surface area contributed by atoms with E-state index in [2.05, 4.69) is 41.3 Å². The first-order chi connectivity index (χ1) is 17.5. The molecule has 1 amide bonds. The third-order valence-electron chi connectivity index (χ3n) is 6.90. The quantitative estimate of drug-likeness (QED) is 0.345. The van der Waals surface area contributed by atoms with Crippen molar-refractivity contribution in [2.75, 3.05) is 13.7 Å². The van der Waals surface area contributed by atoms with Gasteiger partial charge in [0.05, 0.1) is 29.9 Å². The number of fused-ring (bicyclic) bond motifs is 1. The van der Waals surface area contributed by atoms with Gasteiger partial charge in [0.1, 0.15) is 12.3 Å². The molecule has 5 rings (SSSR count). The highest BCUT2D eigenvalue weighted by atomic mass is 32.2. The van der Waals surface area contributed by atoms with Crippen molar-refractivity contribution in [1.82, 2.24) is 20.3 Å². The minimum atomic E-state index is -0.134.